The fourth-order valence-corrected chi connectivity index (χ4v) is 3.32. The van der Waals surface area contributed by atoms with Gasteiger partial charge in [0.05, 0.1) is 22.5 Å². The van der Waals surface area contributed by atoms with Crippen LogP contribution in [-0.2, 0) is 0 Å². The number of fused-ring (bicyclic) bond motifs is 1. The molecule has 6 N–H and O–H groups in total. The van der Waals surface area contributed by atoms with Gasteiger partial charge in [-0.2, -0.15) is 0 Å². The molecule has 4 rings (SSSR count). The lowest BCUT2D eigenvalue weighted by Gasteiger charge is -2.11. The van der Waals surface area contributed by atoms with Gasteiger partial charge in [0.2, 0.25) is 0 Å². The highest BCUT2D eigenvalue weighted by Gasteiger charge is 2.14. The van der Waals surface area contributed by atoms with E-state index in [2.05, 4.69) is 15.3 Å². The monoisotopic (exact) mass is 399 g/mol. The molecule has 0 fully saturated rings. The molecule has 7 nitrogen and oxygen atoms in total. The third kappa shape index (κ3) is 3.48. The Morgan fingerprint density at radius 3 is 2.50 bits per heavy atom. The standard InChI is InChI=1S/C23H21N5O2/c1-12-9-17(24)19(10-13(12)2)27-23(30)15-6-3-5-14(11-15)22-26-18-8-4-7-16(21(25)29)20(18)28-22/h3-11H,24H2,1-2H3,(H2,25,29)(H,26,28)(H,27,30). The largest absolute Gasteiger partial charge is 0.397 e. The van der Waals surface area contributed by atoms with Gasteiger partial charge in [-0.15, -0.1) is 0 Å². The quantitative estimate of drug-likeness (QED) is 0.389. The first-order chi connectivity index (χ1) is 14.3. The average Bonchev–Trinajstić information content (AvgIpc) is 3.16. The number of nitrogens with zero attached hydrogens (tertiary/aromatic N) is 1. The van der Waals surface area contributed by atoms with Crippen LogP contribution in [0.4, 0.5) is 11.4 Å². The van der Waals surface area contributed by atoms with E-state index in [0.717, 1.165) is 11.1 Å². The predicted molar refractivity (Wildman–Crippen MR) is 118 cm³/mol. The third-order valence-electron chi connectivity index (χ3n) is 5.09. The highest BCUT2D eigenvalue weighted by atomic mass is 16.2. The van der Waals surface area contributed by atoms with Crippen LogP contribution in [0.2, 0.25) is 0 Å². The number of para-hydroxylation sites is 1. The molecule has 4 aromatic rings. The van der Waals surface area contributed by atoms with Gasteiger partial charge in [0.25, 0.3) is 11.8 Å². The van der Waals surface area contributed by atoms with E-state index < -0.39 is 5.91 Å². The van der Waals surface area contributed by atoms with Crippen LogP contribution in [0.1, 0.15) is 31.8 Å². The van der Waals surface area contributed by atoms with E-state index in [1.54, 1.807) is 30.3 Å². The Hall–Kier alpha value is -4.13. The van der Waals surface area contributed by atoms with Crippen molar-refractivity contribution in [2.24, 2.45) is 5.73 Å². The van der Waals surface area contributed by atoms with Crippen molar-refractivity contribution in [3.05, 3.63) is 76.9 Å². The van der Waals surface area contributed by atoms with E-state index in [9.17, 15) is 9.59 Å². The summed E-state index contributed by atoms with van der Waals surface area (Å²) in [7, 11) is 0. The first-order valence-electron chi connectivity index (χ1n) is 9.40. The molecule has 30 heavy (non-hydrogen) atoms. The number of aromatic nitrogens is 2. The summed E-state index contributed by atoms with van der Waals surface area (Å²) in [6.07, 6.45) is 0. The maximum atomic E-state index is 12.8. The fraction of sp³-hybridized carbons (Fsp3) is 0.0870. The molecular weight excluding hydrogens is 378 g/mol. The van der Waals surface area contributed by atoms with Crippen LogP contribution >= 0.6 is 0 Å². The molecule has 0 aliphatic rings. The lowest BCUT2D eigenvalue weighted by atomic mass is 10.1. The van der Waals surface area contributed by atoms with E-state index >= 15 is 0 Å². The van der Waals surface area contributed by atoms with Crippen LogP contribution in [0.15, 0.2) is 54.6 Å². The number of hydrogen-bond donors (Lipinski definition) is 4. The van der Waals surface area contributed by atoms with Gasteiger partial charge in [-0.3, -0.25) is 9.59 Å². The molecule has 0 bridgehead atoms. The van der Waals surface area contributed by atoms with Gasteiger partial charge in [-0.05, 0) is 61.4 Å². The van der Waals surface area contributed by atoms with Crippen LogP contribution in [0.3, 0.4) is 0 Å². The Morgan fingerprint density at radius 2 is 1.73 bits per heavy atom. The van der Waals surface area contributed by atoms with Crippen molar-refractivity contribution in [1.82, 2.24) is 9.97 Å². The number of amides is 2. The predicted octanol–water partition coefficient (Wildman–Crippen LogP) is 3.78. The number of benzene rings is 3. The summed E-state index contributed by atoms with van der Waals surface area (Å²) >= 11 is 0. The number of anilines is 2. The molecule has 7 heteroatoms. The minimum Gasteiger partial charge on any atom is -0.397 e. The zero-order chi connectivity index (χ0) is 21.4. The van der Waals surface area contributed by atoms with E-state index in [4.69, 9.17) is 11.5 Å². The fourth-order valence-electron chi connectivity index (χ4n) is 3.32. The minimum atomic E-state index is -0.544. The highest BCUT2D eigenvalue weighted by Crippen LogP contribution is 2.26. The van der Waals surface area contributed by atoms with Crippen molar-refractivity contribution < 1.29 is 9.59 Å². The number of rotatable bonds is 4. The Kier molecular flexibility index (Phi) is 4.71. The second-order valence-electron chi connectivity index (χ2n) is 7.21. The Morgan fingerprint density at radius 1 is 1.00 bits per heavy atom. The number of imidazole rings is 1. The topological polar surface area (TPSA) is 127 Å². The first-order valence-corrected chi connectivity index (χ1v) is 9.40. The molecule has 3 aromatic carbocycles. The number of aryl methyl sites for hydroxylation is 2. The average molecular weight is 399 g/mol. The summed E-state index contributed by atoms with van der Waals surface area (Å²) in [5, 5.41) is 2.87. The molecule has 0 saturated heterocycles. The van der Waals surface area contributed by atoms with E-state index in [0.29, 0.717) is 44.9 Å². The summed E-state index contributed by atoms with van der Waals surface area (Å²) in [5.74, 6) is -0.280. The second kappa shape index (κ2) is 7.36. The van der Waals surface area contributed by atoms with Crippen LogP contribution < -0.4 is 16.8 Å². The molecule has 0 aliphatic heterocycles. The smallest absolute Gasteiger partial charge is 0.255 e. The Labute approximate surface area is 173 Å². The first kappa shape index (κ1) is 19.2. The minimum absolute atomic E-state index is 0.277. The molecule has 0 aliphatic carbocycles. The molecule has 0 radical (unpaired) electrons. The van der Waals surface area contributed by atoms with Crippen molar-refractivity contribution in [2.45, 2.75) is 13.8 Å². The van der Waals surface area contributed by atoms with Gasteiger partial charge in [0, 0.05) is 11.1 Å². The number of nitrogens with one attached hydrogen (secondary N) is 2. The number of carbonyl (C=O) groups is 2. The van der Waals surface area contributed by atoms with Gasteiger partial charge >= 0.3 is 0 Å². The number of nitrogens with two attached hydrogens (primary N) is 2. The summed E-state index contributed by atoms with van der Waals surface area (Å²) in [4.78, 5) is 32.1. The van der Waals surface area contributed by atoms with E-state index in [1.807, 2.05) is 38.1 Å². The number of aromatic amines is 1. The summed E-state index contributed by atoms with van der Waals surface area (Å²) in [6, 6.07) is 15.9. The third-order valence-corrected chi connectivity index (χ3v) is 5.09. The number of H-pyrrole nitrogens is 1. The Bertz CT molecular complexity index is 1310. The van der Waals surface area contributed by atoms with E-state index in [-0.39, 0.29) is 5.91 Å². The zero-order valence-electron chi connectivity index (χ0n) is 16.6. The van der Waals surface area contributed by atoms with Gasteiger partial charge in [-0.1, -0.05) is 18.2 Å². The zero-order valence-corrected chi connectivity index (χ0v) is 16.6. The van der Waals surface area contributed by atoms with E-state index in [1.165, 1.54) is 0 Å². The summed E-state index contributed by atoms with van der Waals surface area (Å²) in [6.45, 7) is 3.94. The van der Waals surface area contributed by atoms with Gasteiger partial charge in [0.1, 0.15) is 11.3 Å². The molecular formula is C23H21N5O2. The maximum Gasteiger partial charge on any atom is 0.255 e. The van der Waals surface area contributed by atoms with Crippen molar-refractivity contribution in [2.75, 3.05) is 11.1 Å². The molecule has 1 heterocycles. The number of nitrogen functional groups attached to an aromatic ring is 1. The van der Waals surface area contributed by atoms with Crippen LogP contribution in [-0.4, -0.2) is 21.8 Å². The van der Waals surface area contributed by atoms with Crippen molar-refractivity contribution >= 4 is 34.2 Å². The van der Waals surface area contributed by atoms with Crippen molar-refractivity contribution in [3.8, 4) is 11.4 Å². The van der Waals surface area contributed by atoms with Crippen LogP contribution in [0.25, 0.3) is 22.4 Å². The van der Waals surface area contributed by atoms with Crippen molar-refractivity contribution in [3.63, 3.8) is 0 Å². The normalized spacial score (nSPS) is 10.9. The molecule has 0 spiro atoms. The molecule has 0 atom stereocenters. The van der Waals surface area contributed by atoms with Gasteiger partial charge in [0.15, 0.2) is 0 Å². The molecule has 150 valence electrons. The van der Waals surface area contributed by atoms with Gasteiger partial charge in [-0.25, -0.2) is 4.98 Å². The number of hydrogen-bond acceptors (Lipinski definition) is 4. The van der Waals surface area contributed by atoms with Crippen molar-refractivity contribution in [1.29, 1.82) is 0 Å². The molecule has 0 unspecified atom stereocenters. The van der Waals surface area contributed by atoms with Gasteiger partial charge < -0.3 is 21.8 Å². The SMILES string of the molecule is Cc1cc(N)c(NC(=O)c2cccc(-c3nc4c(C(N)=O)cccc4[nH]3)c2)cc1C. The number of carbonyl (C=O) groups excluding carboxylic acids is 2. The highest BCUT2D eigenvalue weighted by molar-refractivity contribution is 6.07. The summed E-state index contributed by atoms with van der Waals surface area (Å²) in [5.41, 5.74) is 17.4. The lowest BCUT2D eigenvalue weighted by Crippen LogP contribution is -2.13. The number of primary amides is 1. The van der Waals surface area contributed by atoms with Crippen LogP contribution in [0.5, 0.6) is 0 Å². The summed E-state index contributed by atoms with van der Waals surface area (Å²) < 4.78 is 0. The molecule has 2 amide bonds. The second-order valence-corrected chi connectivity index (χ2v) is 7.21. The molecule has 0 saturated carbocycles. The molecule has 1 aromatic heterocycles. The van der Waals surface area contributed by atoms with Crippen LogP contribution in [0, 0.1) is 13.8 Å². The maximum absolute atomic E-state index is 12.8. The Balaban J connectivity index is 1.67. The lowest BCUT2D eigenvalue weighted by molar-refractivity contribution is 0.0999.